The van der Waals surface area contributed by atoms with Crippen molar-refractivity contribution in [2.24, 2.45) is 0 Å². The first-order chi connectivity index (χ1) is 14.7. The number of rotatable bonds is 2. The SMILES string of the molecule is CC(=O)O[C@@H]1C(C)(C)OC(=O)[C@@]12COc1ccc3c(=O)cc(-c4ccccc4)oc3c12. The second-order valence-corrected chi connectivity index (χ2v) is 8.40. The molecule has 0 amide bonds. The second kappa shape index (κ2) is 6.44. The highest BCUT2D eigenvalue weighted by Gasteiger charge is 2.68. The predicted molar refractivity (Wildman–Crippen MR) is 111 cm³/mol. The summed E-state index contributed by atoms with van der Waals surface area (Å²) in [6, 6.07) is 13.9. The Balaban J connectivity index is 1.82. The van der Waals surface area contributed by atoms with Crippen LogP contribution in [0.5, 0.6) is 5.75 Å². The number of hydrogen-bond donors (Lipinski definition) is 0. The van der Waals surface area contributed by atoms with Crippen molar-refractivity contribution >= 4 is 22.9 Å². The normalized spacial score (nSPS) is 23.5. The Morgan fingerprint density at radius 2 is 1.84 bits per heavy atom. The predicted octanol–water partition coefficient (Wildman–Crippen LogP) is 3.36. The lowest BCUT2D eigenvalue weighted by Gasteiger charge is -2.30. The van der Waals surface area contributed by atoms with E-state index in [1.54, 1.807) is 26.0 Å². The van der Waals surface area contributed by atoms with Gasteiger partial charge in [0, 0.05) is 18.6 Å². The number of esters is 2. The molecule has 1 fully saturated rings. The van der Waals surface area contributed by atoms with Gasteiger partial charge in [0.15, 0.2) is 16.9 Å². The van der Waals surface area contributed by atoms with E-state index in [0.29, 0.717) is 22.5 Å². The lowest BCUT2D eigenvalue weighted by Crippen LogP contribution is -2.50. The largest absolute Gasteiger partial charge is 0.491 e. The number of benzene rings is 2. The molecule has 0 aliphatic carbocycles. The van der Waals surface area contributed by atoms with Crippen molar-refractivity contribution < 1.29 is 28.2 Å². The van der Waals surface area contributed by atoms with Gasteiger partial charge in [0.1, 0.15) is 29.3 Å². The molecule has 5 rings (SSSR count). The highest BCUT2D eigenvalue weighted by molar-refractivity contribution is 5.97. The number of hydrogen-bond acceptors (Lipinski definition) is 7. The van der Waals surface area contributed by atoms with Crippen LogP contribution in [0.25, 0.3) is 22.3 Å². The van der Waals surface area contributed by atoms with E-state index < -0.39 is 29.1 Å². The fourth-order valence-corrected chi connectivity index (χ4v) is 4.61. The van der Waals surface area contributed by atoms with Gasteiger partial charge in [-0.25, -0.2) is 0 Å². The van der Waals surface area contributed by atoms with Gasteiger partial charge in [0.05, 0.1) is 10.9 Å². The topological polar surface area (TPSA) is 92.0 Å². The van der Waals surface area contributed by atoms with Gasteiger partial charge in [0.25, 0.3) is 0 Å². The Morgan fingerprint density at radius 1 is 1.10 bits per heavy atom. The van der Waals surface area contributed by atoms with Crippen LogP contribution in [-0.4, -0.2) is 30.3 Å². The maximum atomic E-state index is 13.2. The molecule has 158 valence electrons. The number of fused-ring (bicyclic) bond motifs is 4. The summed E-state index contributed by atoms with van der Waals surface area (Å²) in [7, 11) is 0. The zero-order valence-corrected chi connectivity index (χ0v) is 17.3. The van der Waals surface area contributed by atoms with Crippen LogP contribution in [0.2, 0.25) is 0 Å². The summed E-state index contributed by atoms with van der Waals surface area (Å²) < 4.78 is 23.3. The molecule has 2 atom stereocenters. The minimum atomic E-state index is -1.44. The van der Waals surface area contributed by atoms with Gasteiger partial charge in [0.2, 0.25) is 0 Å². The molecule has 2 aromatic carbocycles. The van der Waals surface area contributed by atoms with Gasteiger partial charge in [-0.05, 0) is 26.0 Å². The zero-order valence-electron chi connectivity index (χ0n) is 17.3. The molecule has 2 aliphatic heterocycles. The van der Waals surface area contributed by atoms with E-state index in [-0.39, 0.29) is 17.6 Å². The smallest absolute Gasteiger partial charge is 0.325 e. The lowest BCUT2D eigenvalue weighted by atomic mass is 9.73. The molecule has 7 nitrogen and oxygen atoms in total. The van der Waals surface area contributed by atoms with Gasteiger partial charge < -0.3 is 18.6 Å². The Kier molecular flexibility index (Phi) is 4.02. The minimum absolute atomic E-state index is 0.0824. The van der Waals surface area contributed by atoms with Crippen molar-refractivity contribution in [1.82, 2.24) is 0 Å². The van der Waals surface area contributed by atoms with Gasteiger partial charge in [-0.1, -0.05) is 30.3 Å². The zero-order chi connectivity index (χ0) is 22.0. The maximum Gasteiger partial charge on any atom is 0.325 e. The minimum Gasteiger partial charge on any atom is -0.491 e. The van der Waals surface area contributed by atoms with E-state index in [2.05, 4.69) is 0 Å². The summed E-state index contributed by atoms with van der Waals surface area (Å²) in [5.41, 5.74) is -1.45. The molecule has 1 spiro atoms. The van der Waals surface area contributed by atoms with Crippen molar-refractivity contribution in [2.75, 3.05) is 6.61 Å². The van der Waals surface area contributed by atoms with Crippen molar-refractivity contribution in [3.63, 3.8) is 0 Å². The van der Waals surface area contributed by atoms with Crippen LogP contribution in [0, 0.1) is 0 Å². The molecule has 2 aliphatic rings. The van der Waals surface area contributed by atoms with Crippen molar-refractivity contribution in [3.8, 4) is 17.1 Å². The van der Waals surface area contributed by atoms with E-state index >= 15 is 0 Å². The molecule has 1 aromatic heterocycles. The molecular formula is C24H20O7. The average Bonchev–Trinajstić information content (AvgIpc) is 3.20. The molecule has 3 heterocycles. The molecule has 0 bridgehead atoms. The van der Waals surface area contributed by atoms with E-state index in [1.165, 1.54) is 13.0 Å². The van der Waals surface area contributed by atoms with Crippen molar-refractivity contribution in [1.29, 1.82) is 0 Å². The monoisotopic (exact) mass is 420 g/mol. The number of ether oxygens (including phenoxy) is 3. The van der Waals surface area contributed by atoms with Crippen LogP contribution in [0.15, 0.2) is 57.7 Å². The third kappa shape index (κ3) is 2.69. The van der Waals surface area contributed by atoms with Gasteiger partial charge in [-0.3, -0.25) is 14.4 Å². The van der Waals surface area contributed by atoms with Crippen LogP contribution in [-0.2, 0) is 24.5 Å². The first kappa shape index (κ1) is 19.4. The fourth-order valence-electron chi connectivity index (χ4n) is 4.61. The molecule has 0 unspecified atom stereocenters. The maximum absolute atomic E-state index is 13.2. The Hall–Kier alpha value is -3.61. The summed E-state index contributed by atoms with van der Waals surface area (Å²) in [5.74, 6) is -0.366. The molecule has 7 heteroatoms. The van der Waals surface area contributed by atoms with Crippen LogP contribution < -0.4 is 10.2 Å². The van der Waals surface area contributed by atoms with E-state index in [9.17, 15) is 14.4 Å². The average molecular weight is 420 g/mol. The molecule has 0 N–H and O–H groups in total. The van der Waals surface area contributed by atoms with Crippen LogP contribution in [0.4, 0.5) is 0 Å². The Labute approximate surface area is 177 Å². The summed E-state index contributed by atoms with van der Waals surface area (Å²) in [6.45, 7) is 4.56. The first-order valence-corrected chi connectivity index (χ1v) is 9.94. The van der Waals surface area contributed by atoms with Crippen molar-refractivity contribution in [2.45, 2.75) is 37.9 Å². The van der Waals surface area contributed by atoms with E-state index in [1.807, 2.05) is 30.3 Å². The van der Waals surface area contributed by atoms with Crippen molar-refractivity contribution in [3.05, 3.63) is 64.3 Å². The summed E-state index contributed by atoms with van der Waals surface area (Å²) in [6.07, 6.45) is -0.956. The second-order valence-electron chi connectivity index (χ2n) is 8.40. The molecule has 31 heavy (non-hydrogen) atoms. The number of cyclic esters (lactones) is 1. The third-order valence-electron chi connectivity index (χ3n) is 5.90. The first-order valence-electron chi connectivity index (χ1n) is 9.94. The van der Waals surface area contributed by atoms with Gasteiger partial charge >= 0.3 is 11.9 Å². The molecule has 0 saturated carbocycles. The summed E-state index contributed by atoms with van der Waals surface area (Å²) in [4.78, 5) is 38.1. The van der Waals surface area contributed by atoms with Crippen LogP contribution in [0.1, 0.15) is 26.3 Å². The van der Waals surface area contributed by atoms with E-state index in [4.69, 9.17) is 18.6 Å². The van der Waals surface area contributed by atoms with E-state index in [0.717, 1.165) is 5.56 Å². The Bertz CT molecular complexity index is 1290. The van der Waals surface area contributed by atoms with Gasteiger partial charge in [-0.15, -0.1) is 0 Å². The molecular weight excluding hydrogens is 400 g/mol. The quantitative estimate of drug-likeness (QED) is 0.587. The highest BCUT2D eigenvalue weighted by Crippen LogP contribution is 2.53. The lowest BCUT2D eigenvalue weighted by molar-refractivity contribution is -0.158. The van der Waals surface area contributed by atoms with Crippen LogP contribution in [0.3, 0.4) is 0 Å². The van der Waals surface area contributed by atoms with Crippen LogP contribution >= 0.6 is 0 Å². The molecule has 1 saturated heterocycles. The fraction of sp³-hybridized carbons (Fsp3) is 0.292. The highest BCUT2D eigenvalue weighted by atomic mass is 16.6. The third-order valence-corrected chi connectivity index (χ3v) is 5.90. The number of carbonyl (C=O) groups excluding carboxylic acids is 2. The molecule has 0 radical (unpaired) electrons. The standard InChI is InChI=1S/C24H20O7/c1-13(25)29-21-23(2,3)31-22(27)24(21)12-28-17-10-9-15-16(26)11-18(30-20(15)19(17)24)14-7-5-4-6-8-14/h4-11,21H,12H2,1-3H3/t21-,24-/m1/s1. The summed E-state index contributed by atoms with van der Waals surface area (Å²) in [5, 5.41) is 0.308. The number of carbonyl (C=O) groups is 2. The molecule has 3 aromatic rings. The van der Waals surface area contributed by atoms with Gasteiger partial charge in [-0.2, -0.15) is 0 Å². The Morgan fingerprint density at radius 3 is 2.55 bits per heavy atom. The summed E-state index contributed by atoms with van der Waals surface area (Å²) >= 11 is 0.